The molecule has 0 saturated carbocycles. The second kappa shape index (κ2) is 12.4. The number of nitrogens with one attached hydrogen (secondary N) is 1. The molecule has 0 unspecified atom stereocenters. The molecule has 1 N–H and O–H groups in total. The predicted octanol–water partition coefficient (Wildman–Crippen LogP) is 5.15. The highest BCUT2D eigenvalue weighted by Crippen LogP contribution is 2.12. The summed E-state index contributed by atoms with van der Waals surface area (Å²) in [4.78, 5) is 0. The van der Waals surface area contributed by atoms with Crippen LogP contribution >= 0.6 is 0 Å². The Bertz CT molecular complexity index is 124. The van der Waals surface area contributed by atoms with E-state index >= 15 is 0 Å². The lowest BCUT2D eigenvalue weighted by Crippen LogP contribution is -2.23. The van der Waals surface area contributed by atoms with Gasteiger partial charge in [-0.2, -0.15) is 0 Å². The summed E-state index contributed by atoms with van der Waals surface area (Å²) in [7, 11) is 0. The number of rotatable bonds is 12. The lowest BCUT2D eigenvalue weighted by Gasteiger charge is -2.07. The van der Waals surface area contributed by atoms with Crippen LogP contribution < -0.4 is 5.32 Å². The normalized spacial score (nSPS) is 11.6. The molecule has 0 aliphatic rings. The third kappa shape index (κ3) is 16.0. The Morgan fingerprint density at radius 2 is 1.12 bits per heavy atom. The Morgan fingerprint density at radius 3 is 1.59 bits per heavy atom. The fourth-order valence-electron chi connectivity index (χ4n) is 2.13. The van der Waals surface area contributed by atoms with Gasteiger partial charge < -0.3 is 5.32 Å². The van der Waals surface area contributed by atoms with Gasteiger partial charge in [0.2, 0.25) is 0 Å². The molecule has 0 bridgehead atoms. The molecule has 0 aliphatic heterocycles. The van der Waals surface area contributed by atoms with Gasteiger partial charge in [0.15, 0.2) is 0 Å². The molecular formula is C16H35N. The second-order valence-electron chi connectivity index (χ2n) is 6.12. The summed E-state index contributed by atoms with van der Waals surface area (Å²) in [5.41, 5.74) is 0. The molecule has 0 aromatic heterocycles. The maximum absolute atomic E-state index is 3.47. The molecule has 0 rings (SSSR count). The maximum Gasteiger partial charge on any atom is 0.00103 e. The Balaban J connectivity index is 2.94. The van der Waals surface area contributed by atoms with Gasteiger partial charge in [-0.05, 0) is 18.9 Å². The molecule has 0 spiro atoms. The van der Waals surface area contributed by atoms with E-state index in [1.54, 1.807) is 0 Å². The highest BCUT2D eigenvalue weighted by atomic mass is 14.9. The quantitative estimate of drug-likeness (QED) is 0.466. The largest absolute Gasteiger partial charge is 0.315 e. The molecule has 0 radical (unpaired) electrons. The van der Waals surface area contributed by atoms with Crippen LogP contribution in [0.5, 0.6) is 0 Å². The molecule has 0 heterocycles. The molecule has 0 saturated heterocycles. The zero-order valence-electron chi connectivity index (χ0n) is 12.7. The van der Waals surface area contributed by atoms with E-state index in [0.29, 0.717) is 6.04 Å². The summed E-state index contributed by atoms with van der Waals surface area (Å²) in [6, 6.07) is 0.649. The molecule has 0 atom stereocenters. The SMILES string of the molecule is CC(C)CCCCCCCCCCNC(C)C. The van der Waals surface area contributed by atoms with E-state index in [9.17, 15) is 0 Å². The molecule has 0 aliphatic carbocycles. The smallest absolute Gasteiger partial charge is 0.00103 e. The van der Waals surface area contributed by atoms with E-state index in [4.69, 9.17) is 0 Å². The Labute approximate surface area is 110 Å². The van der Waals surface area contributed by atoms with E-state index in [1.165, 1.54) is 64.3 Å². The number of hydrogen-bond donors (Lipinski definition) is 1. The molecule has 1 heteroatoms. The van der Waals surface area contributed by atoms with Gasteiger partial charge in [0.25, 0.3) is 0 Å². The second-order valence-corrected chi connectivity index (χ2v) is 6.12. The first-order valence-electron chi connectivity index (χ1n) is 7.86. The number of hydrogen-bond acceptors (Lipinski definition) is 1. The van der Waals surface area contributed by atoms with Crippen molar-refractivity contribution in [2.75, 3.05) is 6.54 Å². The first kappa shape index (κ1) is 17.0. The average Bonchev–Trinajstić information content (AvgIpc) is 2.25. The first-order valence-corrected chi connectivity index (χ1v) is 7.86. The Kier molecular flexibility index (Phi) is 12.4. The number of unbranched alkanes of at least 4 members (excludes halogenated alkanes) is 7. The first-order chi connectivity index (χ1) is 8.13. The Hall–Kier alpha value is -0.0400. The molecule has 0 aromatic rings. The van der Waals surface area contributed by atoms with Gasteiger partial charge in [-0.25, -0.2) is 0 Å². The van der Waals surface area contributed by atoms with Gasteiger partial charge in [-0.3, -0.25) is 0 Å². The van der Waals surface area contributed by atoms with Crippen molar-refractivity contribution in [2.45, 2.75) is 91.5 Å². The molecule has 0 fully saturated rings. The van der Waals surface area contributed by atoms with E-state index in [1.807, 2.05) is 0 Å². The third-order valence-electron chi connectivity index (χ3n) is 3.26. The van der Waals surface area contributed by atoms with E-state index in [-0.39, 0.29) is 0 Å². The summed E-state index contributed by atoms with van der Waals surface area (Å²) in [5, 5.41) is 3.47. The average molecular weight is 241 g/mol. The van der Waals surface area contributed by atoms with Crippen molar-refractivity contribution in [2.24, 2.45) is 5.92 Å². The Morgan fingerprint density at radius 1 is 0.647 bits per heavy atom. The van der Waals surface area contributed by atoms with Crippen LogP contribution in [0.1, 0.15) is 85.5 Å². The van der Waals surface area contributed by atoms with Crippen LogP contribution in [0.25, 0.3) is 0 Å². The predicted molar refractivity (Wildman–Crippen MR) is 79.5 cm³/mol. The highest BCUT2D eigenvalue weighted by molar-refractivity contribution is 4.54. The van der Waals surface area contributed by atoms with Crippen molar-refractivity contribution in [1.29, 1.82) is 0 Å². The van der Waals surface area contributed by atoms with Gasteiger partial charge in [-0.15, -0.1) is 0 Å². The fraction of sp³-hybridized carbons (Fsp3) is 1.00. The summed E-state index contributed by atoms with van der Waals surface area (Å²) in [6.07, 6.45) is 12.9. The zero-order chi connectivity index (χ0) is 12.9. The van der Waals surface area contributed by atoms with Gasteiger partial charge in [0, 0.05) is 6.04 Å². The zero-order valence-corrected chi connectivity index (χ0v) is 12.7. The van der Waals surface area contributed by atoms with Crippen LogP contribution in [0.4, 0.5) is 0 Å². The minimum absolute atomic E-state index is 0.649. The van der Waals surface area contributed by atoms with Crippen molar-refractivity contribution in [1.82, 2.24) is 5.32 Å². The van der Waals surface area contributed by atoms with Crippen molar-refractivity contribution in [3.8, 4) is 0 Å². The summed E-state index contributed by atoms with van der Waals surface area (Å²) in [6.45, 7) is 10.3. The van der Waals surface area contributed by atoms with E-state index in [0.717, 1.165) is 5.92 Å². The van der Waals surface area contributed by atoms with E-state index in [2.05, 4.69) is 33.0 Å². The summed E-state index contributed by atoms with van der Waals surface area (Å²) in [5.74, 6) is 0.892. The van der Waals surface area contributed by atoms with Crippen LogP contribution in [-0.4, -0.2) is 12.6 Å². The van der Waals surface area contributed by atoms with Gasteiger partial charge in [-0.1, -0.05) is 79.1 Å². The minimum atomic E-state index is 0.649. The highest BCUT2D eigenvalue weighted by Gasteiger charge is 1.95. The molecule has 0 aromatic carbocycles. The summed E-state index contributed by atoms with van der Waals surface area (Å²) >= 11 is 0. The van der Waals surface area contributed by atoms with Gasteiger partial charge >= 0.3 is 0 Å². The molecule has 17 heavy (non-hydrogen) atoms. The van der Waals surface area contributed by atoms with Crippen LogP contribution in [0.3, 0.4) is 0 Å². The summed E-state index contributed by atoms with van der Waals surface area (Å²) < 4.78 is 0. The minimum Gasteiger partial charge on any atom is -0.315 e. The monoisotopic (exact) mass is 241 g/mol. The van der Waals surface area contributed by atoms with Crippen LogP contribution in [0, 0.1) is 5.92 Å². The molecule has 1 nitrogen and oxygen atoms in total. The maximum atomic E-state index is 3.47. The van der Waals surface area contributed by atoms with Crippen LogP contribution in [0.2, 0.25) is 0 Å². The fourth-order valence-corrected chi connectivity index (χ4v) is 2.13. The van der Waals surface area contributed by atoms with Gasteiger partial charge in [0.1, 0.15) is 0 Å². The molecular weight excluding hydrogens is 206 g/mol. The topological polar surface area (TPSA) is 12.0 Å². The lowest BCUT2D eigenvalue weighted by molar-refractivity contribution is 0.501. The van der Waals surface area contributed by atoms with Crippen molar-refractivity contribution in [3.05, 3.63) is 0 Å². The van der Waals surface area contributed by atoms with Crippen LogP contribution in [-0.2, 0) is 0 Å². The third-order valence-corrected chi connectivity index (χ3v) is 3.26. The van der Waals surface area contributed by atoms with Crippen molar-refractivity contribution >= 4 is 0 Å². The van der Waals surface area contributed by atoms with Crippen molar-refractivity contribution in [3.63, 3.8) is 0 Å². The molecule has 104 valence electrons. The standard InChI is InChI=1S/C16H35N/c1-15(2)13-11-9-7-5-6-8-10-12-14-17-16(3)4/h15-17H,5-14H2,1-4H3. The van der Waals surface area contributed by atoms with Crippen molar-refractivity contribution < 1.29 is 0 Å². The van der Waals surface area contributed by atoms with Gasteiger partial charge in [0.05, 0.1) is 0 Å². The lowest BCUT2D eigenvalue weighted by atomic mass is 10.0. The molecule has 0 amide bonds. The van der Waals surface area contributed by atoms with Crippen LogP contribution in [0.15, 0.2) is 0 Å². The van der Waals surface area contributed by atoms with E-state index < -0.39 is 0 Å².